The van der Waals surface area contributed by atoms with Gasteiger partial charge in [0.1, 0.15) is 10.7 Å². The lowest BCUT2D eigenvalue weighted by Gasteiger charge is -2.04. The van der Waals surface area contributed by atoms with Crippen molar-refractivity contribution in [2.24, 2.45) is 0 Å². The van der Waals surface area contributed by atoms with Gasteiger partial charge in [0.25, 0.3) is 5.91 Å². The fourth-order valence-corrected chi connectivity index (χ4v) is 4.73. The number of hydrogen-bond donors (Lipinski definition) is 1. The van der Waals surface area contributed by atoms with E-state index in [1.54, 1.807) is 0 Å². The molecule has 5 rings (SSSR count). The summed E-state index contributed by atoms with van der Waals surface area (Å²) in [5.74, 6) is 0.731. The number of thiophene rings is 1. The van der Waals surface area contributed by atoms with E-state index in [1.165, 1.54) is 11.3 Å². The van der Waals surface area contributed by atoms with Crippen molar-refractivity contribution in [3.05, 3.63) is 81.7 Å². The van der Waals surface area contributed by atoms with Crippen molar-refractivity contribution in [3.63, 3.8) is 0 Å². The van der Waals surface area contributed by atoms with Gasteiger partial charge in [-0.05, 0) is 42.8 Å². The third-order valence-corrected chi connectivity index (χ3v) is 6.49. The standard InChI is InChI=1S/C22H19ClN6OS/c1-14-17-12-18(31-22(17)29(27-14)13-15-5-7-16(23)8-6-15)21(30)24-10-9-20-26-25-19-4-2-3-11-28(19)20/h2-8,11-12H,9-10,13H2,1H3,(H,24,30). The lowest BCUT2D eigenvalue weighted by molar-refractivity contribution is 0.0958. The minimum absolute atomic E-state index is 0.0903. The summed E-state index contributed by atoms with van der Waals surface area (Å²) in [4.78, 5) is 14.4. The molecule has 5 aromatic rings. The molecule has 0 unspecified atom stereocenters. The van der Waals surface area contributed by atoms with Gasteiger partial charge in [-0.2, -0.15) is 5.10 Å². The molecule has 1 aromatic carbocycles. The number of carbonyl (C=O) groups excluding carboxylic acids is 1. The average Bonchev–Trinajstić information content (AvgIpc) is 3.46. The van der Waals surface area contributed by atoms with E-state index in [4.69, 9.17) is 11.6 Å². The molecule has 4 aromatic heterocycles. The van der Waals surface area contributed by atoms with E-state index in [-0.39, 0.29) is 5.91 Å². The number of aromatic nitrogens is 5. The van der Waals surface area contributed by atoms with Gasteiger partial charge < -0.3 is 5.32 Å². The number of rotatable bonds is 6. The van der Waals surface area contributed by atoms with Crippen LogP contribution in [-0.2, 0) is 13.0 Å². The number of halogens is 1. The van der Waals surface area contributed by atoms with Crippen molar-refractivity contribution in [3.8, 4) is 0 Å². The summed E-state index contributed by atoms with van der Waals surface area (Å²) in [6.07, 6.45) is 2.53. The molecule has 9 heteroatoms. The molecule has 0 aliphatic rings. The van der Waals surface area contributed by atoms with E-state index in [2.05, 4.69) is 20.6 Å². The molecule has 0 aliphatic heterocycles. The number of nitrogens with one attached hydrogen (secondary N) is 1. The Labute approximate surface area is 187 Å². The minimum atomic E-state index is -0.0903. The predicted molar refractivity (Wildman–Crippen MR) is 122 cm³/mol. The Morgan fingerprint density at radius 2 is 2.00 bits per heavy atom. The van der Waals surface area contributed by atoms with Crippen LogP contribution in [0.15, 0.2) is 54.7 Å². The summed E-state index contributed by atoms with van der Waals surface area (Å²) in [5, 5.41) is 17.7. The normalized spacial score (nSPS) is 11.4. The van der Waals surface area contributed by atoms with Crippen LogP contribution >= 0.6 is 22.9 Å². The summed E-state index contributed by atoms with van der Waals surface area (Å²) in [5.41, 5.74) is 2.82. The number of carbonyl (C=O) groups is 1. The zero-order valence-corrected chi connectivity index (χ0v) is 18.3. The van der Waals surface area contributed by atoms with Crippen LogP contribution in [0.4, 0.5) is 0 Å². The van der Waals surface area contributed by atoms with Gasteiger partial charge in [-0.3, -0.25) is 13.9 Å². The number of amides is 1. The third-order valence-electron chi connectivity index (χ3n) is 5.10. The molecule has 0 saturated heterocycles. The fourth-order valence-electron chi connectivity index (χ4n) is 3.53. The van der Waals surface area contributed by atoms with Crippen LogP contribution in [0.1, 0.15) is 26.8 Å². The molecule has 1 N–H and O–H groups in total. The lowest BCUT2D eigenvalue weighted by atomic mass is 10.2. The van der Waals surface area contributed by atoms with Gasteiger partial charge in [0.2, 0.25) is 0 Å². The lowest BCUT2D eigenvalue weighted by Crippen LogP contribution is -2.25. The molecule has 0 radical (unpaired) electrons. The van der Waals surface area contributed by atoms with Crippen molar-refractivity contribution in [2.75, 3.05) is 6.54 Å². The first-order valence-electron chi connectivity index (χ1n) is 9.87. The monoisotopic (exact) mass is 450 g/mol. The smallest absolute Gasteiger partial charge is 0.261 e. The van der Waals surface area contributed by atoms with Crippen LogP contribution in [0.2, 0.25) is 5.02 Å². The molecule has 156 valence electrons. The Bertz CT molecular complexity index is 1380. The molecule has 0 bridgehead atoms. The van der Waals surface area contributed by atoms with Gasteiger partial charge in [0.05, 0.1) is 17.1 Å². The van der Waals surface area contributed by atoms with E-state index in [9.17, 15) is 4.79 Å². The third kappa shape index (κ3) is 3.92. The maximum absolute atomic E-state index is 12.7. The number of aryl methyl sites for hydroxylation is 1. The summed E-state index contributed by atoms with van der Waals surface area (Å²) >= 11 is 7.44. The first-order valence-corrected chi connectivity index (χ1v) is 11.1. The molecule has 0 saturated carbocycles. The highest BCUT2D eigenvalue weighted by molar-refractivity contribution is 7.20. The number of hydrogen-bond acceptors (Lipinski definition) is 5. The Balaban J connectivity index is 1.29. The highest BCUT2D eigenvalue weighted by Gasteiger charge is 2.16. The van der Waals surface area contributed by atoms with E-state index >= 15 is 0 Å². The van der Waals surface area contributed by atoms with Crippen molar-refractivity contribution < 1.29 is 4.79 Å². The molecule has 1 amide bonds. The Morgan fingerprint density at radius 1 is 1.16 bits per heavy atom. The molecule has 31 heavy (non-hydrogen) atoms. The zero-order valence-electron chi connectivity index (χ0n) is 16.7. The number of fused-ring (bicyclic) bond motifs is 2. The van der Waals surface area contributed by atoms with Gasteiger partial charge in [-0.25, -0.2) is 0 Å². The van der Waals surface area contributed by atoms with Gasteiger partial charge in [0, 0.05) is 29.6 Å². The molecule has 0 fully saturated rings. The van der Waals surface area contributed by atoms with E-state index in [1.807, 2.05) is 70.7 Å². The topological polar surface area (TPSA) is 77.1 Å². The van der Waals surface area contributed by atoms with Crippen LogP contribution in [-0.4, -0.2) is 36.8 Å². The summed E-state index contributed by atoms with van der Waals surface area (Å²) in [7, 11) is 0. The molecular weight excluding hydrogens is 432 g/mol. The Kier molecular flexibility index (Phi) is 5.17. The molecule has 0 atom stereocenters. The van der Waals surface area contributed by atoms with Gasteiger partial charge in [-0.1, -0.05) is 29.8 Å². The quantitative estimate of drug-likeness (QED) is 0.422. The molecule has 0 spiro atoms. The SMILES string of the molecule is Cc1nn(Cc2ccc(Cl)cc2)c2sc(C(=O)NCCc3nnc4ccccn34)cc12. The van der Waals surface area contributed by atoms with Crippen LogP contribution in [0.25, 0.3) is 15.9 Å². The summed E-state index contributed by atoms with van der Waals surface area (Å²) < 4.78 is 3.87. The zero-order chi connectivity index (χ0) is 21.4. The predicted octanol–water partition coefficient (Wildman–Crippen LogP) is 4.12. The molecule has 0 aliphatic carbocycles. The highest BCUT2D eigenvalue weighted by atomic mass is 35.5. The first kappa shape index (κ1) is 19.7. The van der Waals surface area contributed by atoms with Crippen LogP contribution < -0.4 is 5.32 Å². The molecule has 4 heterocycles. The molecule has 7 nitrogen and oxygen atoms in total. The summed E-state index contributed by atoms with van der Waals surface area (Å²) in [6, 6.07) is 15.4. The van der Waals surface area contributed by atoms with E-state index < -0.39 is 0 Å². The van der Waals surface area contributed by atoms with Crippen LogP contribution in [0.3, 0.4) is 0 Å². The number of nitrogens with zero attached hydrogens (tertiary/aromatic N) is 5. The van der Waals surface area contributed by atoms with Crippen LogP contribution in [0, 0.1) is 6.92 Å². The van der Waals surface area contributed by atoms with Gasteiger partial charge in [-0.15, -0.1) is 21.5 Å². The number of benzene rings is 1. The maximum atomic E-state index is 12.7. The second-order valence-corrected chi connectivity index (χ2v) is 8.72. The van der Waals surface area contributed by atoms with Crippen molar-refractivity contribution in [2.45, 2.75) is 19.9 Å². The maximum Gasteiger partial charge on any atom is 0.261 e. The van der Waals surface area contributed by atoms with Gasteiger partial charge >= 0.3 is 0 Å². The minimum Gasteiger partial charge on any atom is -0.351 e. The highest BCUT2D eigenvalue weighted by Crippen LogP contribution is 2.29. The Morgan fingerprint density at radius 3 is 2.84 bits per heavy atom. The van der Waals surface area contributed by atoms with E-state index in [0.29, 0.717) is 29.4 Å². The fraction of sp³-hybridized carbons (Fsp3) is 0.182. The van der Waals surface area contributed by atoms with E-state index in [0.717, 1.165) is 32.9 Å². The molecular formula is C22H19ClN6OS. The van der Waals surface area contributed by atoms with Gasteiger partial charge in [0.15, 0.2) is 5.65 Å². The Hall–Kier alpha value is -3.23. The van der Waals surface area contributed by atoms with Crippen molar-refractivity contribution >= 4 is 44.7 Å². The van der Waals surface area contributed by atoms with Crippen molar-refractivity contribution in [1.82, 2.24) is 29.7 Å². The second kappa shape index (κ2) is 8.13. The van der Waals surface area contributed by atoms with Crippen molar-refractivity contribution in [1.29, 1.82) is 0 Å². The number of pyridine rings is 1. The summed E-state index contributed by atoms with van der Waals surface area (Å²) in [6.45, 7) is 3.08. The van der Waals surface area contributed by atoms with Crippen LogP contribution in [0.5, 0.6) is 0 Å². The second-order valence-electron chi connectivity index (χ2n) is 7.25. The first-order chi connectivity index (χ1) is 15.1. The largest absolute Gasteiger partial charge is 0.351 e. The average molecular weight is 451 g/mol.